The minimum absolute atomic E-state index is 0.00397. The number of nitrogens with zero attached hydrogens (tertiary/aromatic N) is 2. The molecule has 0 aliphatic heterocycles. The van der Waals surface area contributed by atoms with Crippen molar-refractivity contribution in [3.63, 3.8) is 0 Å². The Balaban J connectivity index is 2.24. The van der Waals surface area contributed by atoms with E-state index in [0.29, 0.717) is 5.75 Å². The maximum atomic E-state index is 13.5. The van der Waals surface area contributed by atoms with E-state index in [9.17, 15) is 20.0 Å². The molecule has 0 bridgehead atoms. The van der Waals surface area contributed by atoms with E-state index in [0.717, 1.165) is 10.1 Å². The number of ether oxygens (including phenoxy) is 3. The summed E-state index contributed by atoms with van der Waals surface area (Å²) >= 11 is 0. The topological polar surface area (TPSA) is 111 Å². The van der Waals surface area contributed by atoms with Crippen LogP contribution in [0.2, 0.25) is 0 Å². The maximum Gasteiger partial charge on any atom is 0.271 e. The SMILES string of the molecule is COc1cc(C(=O)c2c(C)c(C#N)c(=O)n(Cc3ccccc3)c2O)cc(OC)c1OC. The van der Waals surface area contributed by atoms with Gasteiger partial charge in [-0.3, -0.25) is 14.2 Å². The van der Waals surface area contributed by atoms with E-state index in [1.165, 1.54) is 40.4 Å². The molecular weight excluding hydrogens is 412 g/mol. The monoisotopic (exact) mass is 434 g/mol. The second-order valence-corrected chi connectivity index (χ2v) is 6.93. The number of methoxy groups -OCH3 is 3. The number of hydrogen-bond donors (Lipinski definition) is 1. The van der Waals surface area contributed by atoms with Crippen LogP contribution in [0.15, 0.2) is 47.3 Å². The van der Waals surface area contributed by atoms with Crippen LogP contribution in [0.1, 0.15) is 32.6 Å². The molecular formula is C24H22N2O6. The van der Waals surface area contributed by atoms with Crippen molar-refractivity contribution in [3.05, 3.63) is 80.6 Å². The van der Waals surface area contributed by atoms with E-state index in [4.69, 9.17) is 14.2 Å². The molecule has 0 saturated heterocycles. The highest BCUT2D eigenvalue weighted by atomic mass is 16.5. The van der Waals surface area contributed by atoms with Gasteiger partial charge in [0.25, 0.3) is 5.56 Å². The smallest absolute Gasteiger partial charge is 0.271 e. The molecule has 8 nitrogen and oxygen atoms in total. The fourth-order valence-electron chi connectivity index (χ4n) is 3.49. The fourth-order valence-corrected chi connectivity index (χ4v) is 3.49. The minimum atomic E-state index is -0.673. The zero-order chi connectivity index (χ0) is 23.4. The first-order chi connectivity index (χ1) is 15.4. The number of pyridine rings is 1. The molecule has 2 aromatic carbocycles. The lowest BCUT2D eigenvalue weighted by molar-refractivity contribution is 0.103. The van der Waals surface area contributed by atoms with Crippen LogP contribution in [0.3, 0.4) is 0 Å². The molecule has 0 amide bonds. The van der Waals surface area contributed by atoms with Crippen molar-refractivity contribution in [2.75, 3.05) is 21.3 Å². The number of hydrogen-bond acceptors (Lipinski definition) is 7. The van der Waals surface area contributed by atoms with Crippen LogP contribution in [-0.2, 0) is 6.54 Å². The molecule has 3 aromatic rings. The molecule has 3 rings (SSSR count). The van der Waals surface area contributed by atoms with Gasteiger partial charge < -0.3 is 19.3 Å². The van der Waals surface area contributed by atoms with Crippen molar-refractivity contribution < 1.29 is 24.1 Å². The summed E-state index contributed by atoms with van der Waals surface area (Å²) in [7, 11) is 4.28. The van der Waals surface area contributed by atoms with Gasteiger partial charge in [0.2, 0.25) is 11.6 Å². The van der Waals surface area contributed by atoms with Gasteiger partial charge >= 0.3 is 0 Å². The average molecular weight is 434 g/mol. The quantitative estimate of drug-likeness (QED) is 0.569. The third kappa shape index (κ3) is 3.88. The number of aromatic hydroxyl groups is 1. The van der Waals surface area contributed by atoms with Crippen LogP contribution in [0.25, 0.3) is 0 Å². The Morgan fingerprint density at radius 2 is 1.66 bits per heavy atom. The van der Waals surface area contributed by atoms with Crippen LogP contribution < -0.4 is 19.8 Å². The summed E-state index contributed by atoms with van der Waals surface area (Å²) in [4.78, 5) is 26.3. The summed E-state index contributed by atoms with van der Waals surface area (Å²) in [6, 6.07) is 13.7. The Morgan fingerprint density at radius 3 is 2.16 bits per heavy atom. The van der Waals surface area contributed by atoms with Crippen molar-refractivity contribution in [2.45, 2.75) is 13.5 Å². The molecule has 164 valence electrons. The standard InChI is InChI=1S/C24H22N2O6/c1-14-17(12-25)23(28)26(13-15-8-6-5-7-9-15)24(29)20(14)21(27)16-10-18(30-2)22(32-4)19(11-16)31-3/h5-11,29H,13H2,1-4H3. The fraction of sp³-hybridized carbons (Fsp3) is 0.208. The zero-order valence-corrected chi connectivity index (χ0v) is 18.1. The number of carbonyl (C=O) groups excluding carboxylic acids is 1. The average Bonchev–Trinajstić information content (AvgIpc) is 2.81. The lowest BCUT2D eigenvalue weighted by Crippen LogP contribution is -2.27. The van der Waals surface area contributed by atoms with E-state index in [-0.39, 0.29) is 40.3 Å². The van der Waals surface area contributed by atoms with E-state index in [2.05, 4.69) is 0 Å². The molecule has 0 spiro atoms. The molecule has 32 heavy (non-hydrogen) atoms. The Kier molecular flexibility index (Phi) is 6.50. The van der Waals surface area contributed by atoms with E-state index in [1.807, 2.05) is 12.1 Å². The number of benzene rings is 2. The maximum absolute atomic E-state index is 13.5. The highest BCUT2D eigenvalue weighted by Gasteiger charge is 2.27. The van der Waals surface area contributed by atoms with Crippen molar-refractivity contribution in [3.8, 4) is 29.2 Å². The Labute approximate surface area is 184 Å². The van der Waals surface area contributed by atoms with Crippen molar-refractivity contribution in [2.24, 2.45) is 0 Å². The highest BCUT2D eigenvalue weighted by Crippen LogP contribution is 2.39. The lowest BCUT2D eigenvalue weighted by atomic mass is 9.96. The highest BCUT2D eigenvalue weighted by molar-refractivity contribution is 6.12. The summed E-state index contributed by atoms with van der Waals surface area (Å²) in [6.07, 6.45) is 0. The van der Waals surface area contributed by atoms with Gasteiger partial charge in [-0.25, -0.2) is 0 Å². The molecule has 0 aliphatic rings. The first kappa shape index (κ1) is 22.4. The zero-order valence-electron chi connectivity index (χ0n) is 18.1. The predicted molar refractivity (Wildman–Crippen MR) is 117 cm³/mol. The molecule has 0 fully saturated rings. The number of aromatic nitrogens is 1. The van der Waals surface area contributed by atoms with Gasteiger partial charge in [0.15, 0.2) is 17.3 Å². The number of nitriles is 1. The molecule has 8 heteroatoms. The first-order valence-corrected chi connectivity index (χ1v) is 9.62. The van der Waals surface area contributed by atoms with Crippen LogP contribution >= 0.6 is 0 Å². The van der Waals surface area contributed by atoms with Crippen molar-refractivity contribution in [1.82, 2.24) is 4.57 Å². The molecule has 1 N–H and O–H groups in total. The Hall–Kier alpha value is -4.25. The summed E-state index contributed by atoms with van der Waals surface area (Å²) in [5.74, 6) is -0.304. The van der Waals surface area contributed by atoms with Crippen LogP contribution in [0, 0.1) is 18.3 Å². The molecule has 0 radical (unpaired) electrons. The number of carbonyl (C=O) groups is 1. The van der Waals surface area contributed by atoms with Gasteiger partial charge in [-0.2, -0.15) is 5.26 Å². The summed E-state index contributed by atoms with van der Waals surface area (Å²) in [5.41, 5.74) is -0.0812. The minimum Gasteiger partial charge on any atom is -0.494 e. The van der Waals surface area contributed by atoms with Gasteiger partial charge in [-0.1, -0.05) is 30.3 Å². The largest absolute Gasteiger partial charge is 0.494 e. The van der Waals surface area contributed by atoms with Crippen LogP contribution in [0.4, 0.5) is 0 Å². The van der Waals surface area contributed by atoms with E-state index >= 15 is 0 Å². The third-order valence-corrected chi connectivity index (χ3v) is 5.14. The van der Waals surface area contributed by atoms with Gasteiger partial charge in [0, 0.05) is 5.56 Å². The van der Waals surface area contributed by atoms with Crippen molar-refractivity contribution >= 4 is 5.78 Å². The lowest BCUT2D eigenvalue weighted by Gasteiger charge is -2.17. The molecule has 1 heterocycles. The van der Waals surface area contributed by atoms with Gasteiger partial charge in [0.1, 0.15) is 11.6 Å². The number of ketones is 1. The molecule has 0 saturated carbocycles. The first-order valence-electron chi connectivity index (χ1n) is 9.62. The molecule has 0 aliphatic carbocycles. The van der Waals surface area contributed by atoms with Crippen LogP contribution in [-0.4, -0.2) is 36.8 Å². The summed E-state index contributed by atoms with van der Waals surface area (Å²) < 4.78 is 16.9. The molecule has 0 unspecified atom stereocenters. The van der Waals surface area contributed by atoms with E-state index < -0.39 is 17.2 Å². The predicted octanol–water partition coefficient (Wildman–Crippen LogP) is 3.04. The normalized spacial score (nSPS) is 10.3. The third-order valence-electron chi connectivity index (χ3n) is 5.14. The Bertz CT molecular complexity index is 1250. The molecule has 0 atom stereocenters. The van der Waals surface area contributed by atoms with Crippen molar-refractivity contribution in [1.29, 1.82) is 5.26 Å². The number of rotatable bonds is 7. The van der Waals surface area contributed by atoms with Crippen LogP contribution in [0.5, 0.6) is 23.1 Å². The second-order valence-electron chi connectivity index (χ2n) is 6.93. The summed E-state index contributed by atoms with van der Waals surface area (Å²) in [5, 5.41) is 20.5. The van der Waals surface area contributed by atoms with Gasteiger partial charge in [-0.05, 0) is 30.2 Å². The van der Waals surface area contributed by atoms with E-state index in [1.54, 1.807) is 24.3 Å². The van der Waals surface area contributed by atoms with Gasteiger partial charge in [0.05, 0.1) is 33.4 Å². The molecule has 1 aromatic heterocycles. The second kappa shape index (κ2) is 9.27. The summed E-state index contributed by atoms with van der Waals surface area (Å²) in [6.45, 7) is 1.45. The van der Waals surface area contributed by atoms with Gasteiger partial charge in [-0.15, -0.1) is 0 Å². The Morgan fingerprint density at radius 1 is 1.06 bits per heavy atom.